The van der Waals surface area contributed by atoms with Gasteiger partial charge in [0.05, 0.1) is 18.2 Å². The molecule has 1 unspecified atom stereocenters. The van der Waals surface area contributed by atoms with Gasteiger partial charge in [0.2, 0.25) is 0 Å². The van der Waals surface area contributed by atoms with Gasteiger partial charge in [0.1, 0.15) is 0 Å². The zero-order valence-electron chi connectivity index (χ0n) is 13.8. The number of hydrogen-bond acceptors (Lipinski definition) is 4. The molecule has 0 aliphatic carbocycles. The molecule has 5 rings (SSSR count). The van der Waals surface area contributed by atoms with Crippen LogP contribution < -0.4 is 0 Å². The summed E-state index contributed by atoms with van der Waals surface area (Å²) in [6.45, 7) is 6.03. The Bertz CT molecular complexity index is 760. The SMILES string of the molecule is C=C[C@H]1CN2CC[C@H]1C[C@@H]2[C@@H](O)c1ccnc2ccc(CO)cc12. The van der Waals surface area contributed by atoms with E-state index >= 15 is 0 Å². The Labute approximate surface area is 142 Å². The minimum atomic E-state index is -0.530. The summed E-state index contributed by atoms with van der Waals surface area (Å²) in [4.78, 5) is 6.81. The number of aliphatic hydroxyl groups excluding tert-OH is 2. The van der Waals surface area contributed by atoms with Crippen molar-refractivity contribution in [1.82, 2.24) is 9.88 Å². The molecular weight excluding hydrogens is 300 g/mol. The van der Waals surface area contributed by atoms with Crippen molar-refractivity contribution in [2.24, 2.45) is 11.8 Å². The van der Waals surface area contributed by atoms with E-state index < -0.39 is 6.10 Å². The number of hydrogen-bond donors (Lipinski definition) is 2. The number of benzene rings is 1. The topological polar surface area (TPSA) is 56.6 Å². The van der Waals surface area contributed by atoms with E-state index in [0.717, 1.165) is 41.5 Å². The zero-order valence-corrected chi connectivity index (χ0v) is 13.8. The lowest BCUT2D eigenvalue weighted by atomic mass is 9.73. The molecule has 4 heterocycles. The number of aromatic nitrogens is 1. The Balaban J connectivity index is 1.69. The number of aliphatic hydroxyl groups is 2. The zero-order chi connectivity index (χ0) is 16.7. The van der Waals surface area contributed by atoms with Gasteiger partial charge in [-0.05, 0) is 60.5 Å². The number of pyridine rings is 1. The average molecular weight is 324 g/mol. The van der Waals surface area contributed by atoms with Crippen LogP contribution in [0.5, 0.6) is 0 Å². The van der Waals surface area contributed by atoms with E-state index in [-0.39, 0.29) is 12.6 Å². The maximum absolute atomic E-state index is 11.1. The predicted octanol–water partition coefficient (Wildman–Crippen LogP) is 2.66. The minimum absolute atomic E-state index is 0.000980. The van der Waals surface area contributed by atoms with Gasteiger partial charge in [0.15, 0.2) is 0 Å². The molecule has 2 N–H and O–H groups in total. The molecule has 1 aromatic heterocycles. The van der Waals surface area contributed by atoms with E-state index in [9.17, 15) is 10.2 Å². The molecular formula is C20H24N2O2. The van der Waals surface area contributed by atoms with Crippen LogP contribution in [-0.2, 0) is 6.61 Å². The molecule has 2 aromatic rings. The fraction of sp³-hybridized carbons (Fsp3) is 0.450. The van der Waals surface area contributed by atoms with E-state index in [2.05, 4.69) is 22.5 Å². The second-order valence-electron chi connectivity index (χ2n) is 7.10. The molecule has 2 bridgehead atoms. The van der Waals surface area contributed by atoms with E-state index in [1.54, 1.807) is 6.20 Å². The predicted molar refractivity (Wildman–Crippen MR) is 94.4 cm³/mol. The molecule has 4 nitrogen and oxygen atoms in total. The van der Waals surface area contributed by atoms with Crippen molar-refractivity contribution >= 4 is 10.9 Å². The van der Waals surface area contributed by atoms with Gasteiger partial charge in [0.25, 0.3) is 0 Å². The number of rotatable bonds is 4. The molecule has 0 saturated carbocycles. The lowest BCUT2D eigenvalue weighted by molar-refractivity contribution is -0.0444. The van der Waals surface area contributed by atoms with Crippen molar-refractivity contribution in [3.8, 4) is 0 Å². The number of piperidine rings is 3. The molecule has 5 atom stereocenters. The molecule has 0 radical (unpaired) electrons. The van der Waals surface area contributed by atoms with Crippen molar-refractivity contribution in [3.05, 3.63) is 54.2 Å². The Morgan fingerprint density at radius 1 is 1.38 bits per heavy atom. The number of fused-ring (bicyclic) bond motifs is 4. The van der Waals surface area contributed by atoms with E-state index in [4.69, 9.17) is 0 Å². The fourth-order valence-corrected chi connectivity index (χ4v) is 4.48. The summed E-state index contributed by atoms with van der Waals surface area (Å²) in [7, 11) is 0. The van der Waals surface area contributed by atoms with Gasteiger partial charge >= 0.3 is 0 Å². The van der Waals surface area contributed by atoms with Gasteiger partial charge < -0.3 is 10.2 Å². The summed E-state index contributed by atoms with van der Waals surface area (Å²) in [5.74, 6) is 1.19. The first kappa shape index (κ1) is 15.8. The highest BCUT2D eigenvalue weighted by Crippen LogP contribution is 2.42. The minimum Gasteiger partial charge on any atom is -0.392 e. The summed E-state index contributed by atoms with van der Waals surface area (Å²) in [5, 5.41) is 21.5. The quantitative estimate of drug-likeness (QED) is 0.849. The summed E-state index contributed by atoms with van der Waals surface area (Å²) >= 11 is 0. The molecule has 4 heteroatoms. The first-order chi connectivity index (χ1) is 11.7. The Morgan fingerprint density at radius 3 is 2.96 bits per heavy atom. The summed E-state index contributed by atoms with van der Waals surface area (Å²) in [6, 6.07) is 7.82. The van der Waals surface area contributed by atoms with Crippen LogP contribution in [0.25, 0.3) is 10.9 Å². The Morgan fingerprint density at radius 2 is 2.25 bits per heavy atom. The largest absolute Gasteiger partial charge is 0.392 e. The van der Waals surface area contributed by atoms with Gasteiger partial charge in [0, 0.05) is 24.2 Å². The summed E-state index contributed by atoms with van der Waals surface area (Å²) in [5.41, 5.74) is 2.63. The van der Waals surface area contributed by atoms with E-state index in [1.165, 1.54) is 6.42 Å². The molecule has 3 aliphatic heterocycles. The van der Waals surface area contributed by atoms with Crippen LogP contribution in [0.15, 0.2) is 43.1 Å². The van der Waals surface area contributed by atoms with Gasteiger partial charge in [-0.3, -0.25) is 9.88 Å². The summed E-state index contributed by atoms with van der Waals surface area (Å²) < 4.78 is 0. The smallest absolute Gasteiger partial charge is 0.0952 e. The van der Waals surface area contributed by atoms with Gasteiger partial charge in [-0.2, -0.15) is 0 Å². The highest BCUT2D eigenvalue weighted by molar-refractivity contribution is 5.83. The number of nitrogens with zero attached hydrogens (tertiary/aromatic N) is 2. The van der Waals surface area contributed by atoms with Crippen molar-refractivity contribution in [2.45, 2.75) is 31.6 Å². The van der Waals surface area contributed by atoms with Crippen molar-refractivity contribution in [1.29, 1.82) is 0 Å². The van der Waals surface area contributed by atoms with Crippen molar-refractivity contribution < 1.29 is 10.2 Å². The molecule has 3 aliphatic rings. The lowest BCUT2D eigenvalue weighted by Gasteiger charge is -2.50. The van der Waals surface area contributed by atoms with Crippen LogP contribution in [0.4, 0.5) is 0 Å². The molecule has 0 amide bonds. The maximum Gasteiger partial charge on any atom is 0.0952 e. The molecule has 24 heavy (non-hydrogen) atoms. The van der Waals surface area contributed by atoms with Crippen LogP contribution >= 0.6 is 0 Å². The molecule has 3 fully saturated rings. The molecule has 3 saturated heterocycles. The third-order valence-electron chi connectivity index (χ3n) is 5.86. The first-order valence-corrected chi connectivity index (χ1v) is 8.74. The standard InChI is InChI=1S/C20H24N2O2/c1-2-14-11-22-8-6-15(14)10-19(22)20(24)16-5-7-21-18-4-3-13(12-23)9-17(16)18/h2-5,7,9,14-15,19-20,23-24H,1,6,8,10-12H2/t14-,15-,19+,20-/m0/s1. The second-order valence-corrected chi connectivity index (χ2v) is 7.10. The first-order valence-electron chi connectivity index (χ1n) is 8.74. The van der Waals surface area contributed by atoms with Crippen LogP contribution in [0.3, 0.4) is 0 Å². The third kappa shape index (κ3) is 2.55. The second kappa shape index (κ2) is 6.28. The normalized spacial score (nSPS) is 30.4. The molecule has 126 valence electrons. The summed E-state index contributed by atoms with van der Waals surface area (Å²) in [6.07, 6.45) is 5.53. The van der Waals surface area contributed by atoms with Gasteiger partial charge in [-0.1, -0.05) is 12.1 Å². The van der Waals surface area contributed by atoms with E-state index in [0.29, 0.717) is 11.8 Å². The van der Waals surface area contributed by atoms with Crippen LogP contribution in [0.2, 0.25) is 0 Å². The van der Waals surface area contributed by atoms with Gasteiger partial charge in [-0.25, -0.2) is 0 Å². The molecule has 0 spiro atoms. The van der Waals surface area contributed by atoms with Crippen LogP contribution in [0, 0.1) is 11.8 Å². The van der Waals surface area contributed by atoms with Crippen LogP contribution in [0.1, 0.15) is 30.1 Å². The highest BCUT2D eigenvalue weighted by atomic mass is 16.3. The van der Waals surface area contributed by atoms with Gasteiger partial charge in [-0.15, -0.1) is 6.58 Å². The monoisotopic (exact) mass is 324 g/mol. The van der Waals surface area contributed by atoms with E-state index in [1.807, 2.05) is 24.3 Å². The third-order valence-corrected chi connectivity index (χ3v) is 5.86. The Kier molecular flexibility index (Phi) is 4.12. The lowest BCUT2D eigenvalue weighted by Crippen LogP contribution is -2.54. The maximum atomic E-state index is 11.1. The highest BCUT2D eigenvalue weighted by Gasteiger charge is 2.42. The van der Waals surface area contributed by atoms with Crippen molar-refractivity contribution in [2.75, 3.05) is 13.1 Å². The van der Waals surface area contributed by atoms with Crippen LogP contribution in [-0.4, -0.2) is 39.2 Å². The van der Waals surface area contributed by atoms with Crippen molar-refractivity contribution in [3.63, 3.8) is 0 Å². The molecule has 1 aromatic carbocycles. The Hall–Kier alpha value is -1.75. The average Bonchev–Trinajstić information content (AvgIpc) is 2.66. The fourth-order valence-electron chi connectivity index (χ4n) is 4.48.